The summed E-state index contributed by atoms with van der Waals surface area (Å²) in [6, 6.07) is 13.9. The molecule has 20 heteroatoms. The molecule has 1 heterocycles. The molecule has 19 nitrogen and oxygen atoms in total. The lowest BCUT2D eigenvalue weighted by Gasteiger charge is -2.32. The van der Waals surface area contributed by atoms with Gasteiger partial charge >= 0.3 is 18.2 Å². The molecule has 5 amide bonds. The first-order chi connectivity index (χ1) is 35.7. The molecule has 414 valence electrons. The maximum atomic E-state index is 15.0. The highest BCUT2D eigenvalue weighted by atomic mass is 32.2. The summed E-state index contributed by atoms with van der Waals surface area (Å²) in [4.78, 5) is 85.0. The van der Waals surface area contributed by atoms with E-state index in [0.717, 1.165) is 42.6 Å². The number of methoxy groups -OCH3 is 3. The number of likely N-dealkylation sites (N-methyl/N-ethyl adjacent to an activating group) is 1. The van der Waals surface area contributed by atoms with E-state index in [-0.39, 0.29) is 51.1 Å². The van der Waals surface area contributed by atoms with Crippen molar-refractivity contribution < 1.29 is 60.9 Å². The molecule has 75 heavy (non-hydrogen) atoms. The van der Waals surface area contributed by atoms with Gasteiger partial charge in [0.25, 0.3) is 0 Å². The van der Waals surface area contributed by atoms with Crippen LogP contribution in [-0.2, 0) is 56.4 Å². The predicted molar refractivity (Wildman–Crippen MR) is 285 cm³/mol. The summed E-state index contributed by atoms with van der Waals surface area (Å²) in [5.74, 6) is -2.81. The lowest BCUT2D eigenvalue weighted by molar-refractivity contribution is -0.145. The molecule has 4 bridgehead atoms. The third kappa shape index (κ3) is 20.0. The number of ether oxygens (including phenoxy) is 5. The van der Waals surface area contributed by atoms with Crippen LogP contribution in [0.15, 0.2) is 66.7 Å². The zero-order valence-electron chi connectivity index (χ0n) is 45.3. The van der Waals surface area contributed by atoms with Crippen molar-refractivity contribution in [3.8, 4) is 22.6 Å². The van der Waals surface area contributed by atoms with Crippen molar-refractivity contribution in [2.75, 3.05) is 53.8 Å². The number of amides is 5. The van der Waals surface area contributed by atoms with E-state index in [2.05, 4.69) is 27.6 Å². The first-order valence-corrected chi connectivity index (χ1v) is 27.6. The number of nitrogens with one attached hydrogen (secondary N) is 4. The highest BCUT2D eigenvalue weighted by molar-refractivity contribution is 7.89. The number of hydrogen-bond acceptors (Lipinski definition) is 13. The number of nitrogens with zero attached hydrogens (tertiary/aromatic N) is 2. The summed E-state index contributed by atoms with van der Waals surface area (Å²) in [7, 11) is 1.16. The van der Waals surface area contributed by atoms with Crippen molar-refractivity contribution in [1.29, 1.82) is 0 Å². The van der Waals surface area contributed by atoms with Crippen LogP contribution in [0.2, 0.25) is 0 Å². The number of carbonyl (C=O) groups excluding carboxylic acids is 6. The summed E-state index contributed by atoms with van der Waals surface area (Å²) in [6.45, 7) is 8.95. The number of unbranched alkanes of at least 4 members (excludes halogenated alkanes) is 8. The maximum Gasteiger partial charge on any atom is 0.410 e. The number of fused-ring (bicyclic) bond motifs is 5. The van der Waals surface area contributed by atoms with Crippen LogP contribution in [0.25, 0.3) is 11.1 Å². The molecular formula is C55H80N6O13S. The largest absolute Gasteiger partial charge is 0.496 e. The Balaban J connectivity index is 1.70. The highest BCUT2D eigenvalue weighted by Gasteiger charge is 2.37. The fraction of sp³-hybridized carbons (Fsp3) is 0.564. The van der Waals surface area contributed by atoms with Gasteiger partial charge in [-0.2, -0.15) is 0 Å². The third-order valence-electron chi connectivity index (χ3n) is 12.7. The molecule has 0 spiro atoms. The van der Waals surface area contributed by atoms with Crippen molar-refractivity contribution >= 4 is 45.9 Å². The SMILES string of the molecule is CCCCCCCCCCN(CCS(=O)(=O)N[C@@H](CCCCNC(=O)OC(C)(C)C)C(=O)N(C)[C@@H]1C(=O)N[C@@H](C)C(=O)N[C@H](C(=O)OC)Cc2ccc(OC)c(c2)-c2cc1ccc2OC)C(=O)OCc1ccccc1. The van der Waals surface area contributed by atoms with Crippen molar-refractivity contribution in [3.05, 3.63) is 83.4 Å². The molecule has 0 radical (unpaired) electrons. The maximum absolute atomic E-state index is 15.0. The zero-order chi connectivity index (χ0) is 55.1. The quantitative estimate of drug-likeness (QED) is 0.0350. The summed E-state index contributed by atoms with van der Waals surface area (Å²) >= 11 is 0. The normalized spacial score (nSPS) is 16.3. The lowest BCUT2D eigenvalue weighted by Crippen LogP contribution is -2.55. The van der Waals surface area contributed by atoms with Gasteiger partial charge in [0.2, 0.25) is 27.7 Å². The second-order valence-electron chi connectivity index (χ2n) is 19.8. The van der Waals surface area contributed by atoms with Gasteiger partial charge in [-0.25, -0.2) is 27.5 Å². The Morgan fingerprint density at radius 1 is 0.787 bits per heavy atom. The molecular weight excluding hydrogens is 985 g/mol. The van der Waals surface area contributed by atoms with Gasteiger partial charge in [-0.3, -0.25) is 14.4 Å². The van der Waals surface area contributed by atoms with Gasteiger partial charge < -0.3 is 49.4 Å². The van der Waals surface area contributed by atoms with Gasteiger partial charge in [0.05, 0.1) is 27.1 Å². The van der Waals surface area contributed by atoms with Crippen LogP contribution >= 0.6 is 0 Å². The number of benzene rings is 3. The molecule has 0 aliphatic carbocycles. The number of sulfonamides is 1. The van der Waals surface area contributed by atoms with Crippen molar-refractivity contribution in [1.82, 2.24) is 30.5 Å². The highest BCUT2D eigenvalue weighted by Crippen LogP contribution is 2.40. The zero-order valence-corrected chi connectivity index (χ0v) is 46.1. The van der Waals surface area contributed by atoms with E-state index < -0.39 is 81.4 Å². The second kappa shape index (κ2) is 30.2. The average Bonchev–Trinajstić information content (AvgIpc) is 3.37. The predicted octanol–water partition coefficient (Wildman–Crippen LogP) is 7.35. The Morgan fingerprint density at radius 3 is 2.07 bits per heavy atom. The van der Waals surface area contributed by atoms with Crippen LogP contribution in [0, 0.1) is 0 Å². The number of hydrogen-bond donors (Lipinski definition) is 4. The number of alkyl carbamates (subject to hydrolysis) is 1. The summed E-state index contributed by atoms with van der Waals surface area (Å²) in [5, 5.41) is 8.06. The lowest BCUT2D eigenvalue weighted by atomic mass is 9.93. The minimum Gasteiger partial charge on any atom is -0.496 e. The molecule has 4 atom stereocenters. The van der Waals surface area contributed by atoms with E-state index >= 15 is 4.79 Å². The minimum atomic E-state index is -4.35. The van der Waals surface area contributed by atoms with Crippen LogP contribution in [0.4, 0.5) is 9.59 Å². The standard InChI is InChI=1S/C55H80N6O13S/c1-10-11-12-13-14-15-16-22-31-61(54(67)73-37-39-23-18-17-19-24-39)32-33-75(68,69)59-44(25-20-21-30-56-53(66)74-55(3,4)5)51(64)60(6)48-41-27-29-47(71-8)43(36-41)42-34-40(26-28-46(42)70-7)35-45(52(65)72-9)58-49(62)38(2)57-50(48)63/h17-19,23-24,26-29,34,36,38,44-45,48,59H,10-16,20-22,25,30-33,35,37H2,1-9H3,(H,56,66)(H,57,63)(H,58,62)/t38-,44-,45-,48-/m0/s1. The van der Waals surface area contributed by atoms with Crippen LogP contribution in [0.1, 0.15) is 128 Å². The molecule has 0 unspecified atom stereocenters. The van der Waals surface area contributed by atoms with E-state index in [0.29, 0.717) is 41.0 Å². The van der Waals surface area contributed by atoms with Gasteiger partial charge in [0.1, 0.15) is 47.9 Å². The molecule has 0 fully saturated rings. The average molecular weight is 1070 g/mol. The minimum absolute atomic E-state index is 0.00782. The molecule has 0 saturated heterocycles. The van der Waals surface area contributed by atoms with Crippen LogP contribution in [0.5, 0.6) is 11.5 Å². The van der Waals surface area contributed by atoms with Crippen LogP contribution < -0.4 is 30.1 Å². The Hall–Kier alpha value is -6.41. The van der Waals surface area contributed by atoms with E-state index in [1.54, 1.807) is 57.2 Å². The fourth-order valence-electron chi connectivity index (χ4n) is 8.61. The molecule has 3 aromatic carbocycles. The molecule has 0 aromatic heterocycles. The van der Waals surface area contributed by atoms with Crippen molar-refractivity contribution in [2.24, 2.45) is 0 Å². The monoisotopic (exact) mass is 1060 g/mol. The molecule has 1 aliphatic heterocycles. The van der Waals surface area contributed by atoms with Crippen LogP contribution in [-0.4, -0.2) is 132 Å². The third-order valence-corrected chi connectivity index (χ3v) is 14.0. The number of esters is 1. The van der Waals surface area contributed by atoms with Crippen molar-refractivity contribution in [3.63, 3.8) is 0 Å². The Bertz CT molecular complexity index is 2470. The molecule has 1 aliphatic rings. The Labute approximate surface area is 443 Å². The topological polar surface area (TPSA) is 237 Å². The van der Waals surface area contributed by atoms with E-state index in [9.17, 15) is 32.4 Å². The van der Waals surface area contributed by atoms with Gasteiger partial charge in [-0.15, -0.1) is 0 Å². The summed E-state index contributed by atoms with van der Waals surface area (Å²) in [6.07, 6.45) is 7.33. The Morgan fingerprint density at radius 2 is 1.43 bits per heavy atom. The van der Waals surface area contributed by atoms with Gasteiger partial charge in [-0.1, -0.05) is 94.3 Å². The Kier molecular flexibility index (Phi) is 24.6. The first kappa shape index (κ1) is 61.1. The van der Waals surface area contributed by atoms with Crippen molar-refractivity contribution in [2.45, 2.75) is 148 Å². The summed E-state index contributed by atoms with van der Waals surface area (Å²) in [5.41, 5.74) is 1.90. The molecule has 4 rings (SSSR count). The summed E-state index contributed by atoms with van der Waals surface area (Å²) < 4.78 is 58.7. The second-order valence-corrected chi connectivity index (χ2v) is 21.7. The molecule has 4 N–H and O–H groups in total. The first-order valence-electron chi connectivity index (χ1n) is 25.9. The van der Waals surface area contributed by atoms with Gasteiger partial charge in [0.15, 0.2) is 0 Å². The van der Waals surface area contributed by atoms with E-state index in [1.807, 2.05) is 30.3 Å². The van der Waals surface area contributed by atoms with Gasteiger partial charge in [-0.05, 0) is 94.3 Å². The number of carbonyl (C=O) groups is 6. The van der Waals surface area contributed by atoms with E-state index in [1.165, 1.54) is 53.0 Å². The smallest absolute Gasteiger partial charge is 0.410 e. The van der Waals surface area contributed by atoms with Gasteiger partial charge in [0, 0.05) is 44.2 Å². The molecule has 0 saturated carbocycles. The van der Waals surface area contributed by atoms with E-state index in [4.69, 9.17) is 23.7 Å². The van der Waals surface area contributed by atoms with Crippen LogP contribution in [0.3, 0.4) is 0 Å². The number of rotatable bonds is 26. The molecule has 3 aromatic rings. The fourth-order valence-corrected chi connectivity index (χ4v) is 9.84.